The summed E-state index contributed by atoms with van der Waals surface area (Å²) in [6.07, 6.45) is 2.12. The van der Waals surface area contributed by atoms with Gasteiger partial charge in [0.05, 0.1) is 4.92 Å². The van der Waals surface area contributed by atoms with Crippen molar-refractivity contribution in [3.8, 4) is 0 Å². The van der Waals surface area contributed by atoms with Crippen LogP contribution in [0.3, 0.4) is 0 Å². The first kappa shape index (κ1) is 12.3. The second kappa shape index (κ2) is 4.59. The van der Waals surface area contributed by atoms with Crippen molar-refractivity contribution in [3.63, 3.8) is 0 Å². The van der Waals surface area contributed by atoms with E-state index >= 15 is 0 Å². The van der Waals surface area contributed by atoms with Crippen LogP contribution in [-0.2, 0) is 0 Å². The van der Waals surface area contributed by atoms with E-state index in [4.69, 9.17) is 5.11 Å². The summed E-state index contributed by atoms with van der Waals surface area (Å²) >= 11 is 0. The van der Waals surface area contributed by atoms with E-state index in [1.54, 1.807) is 0 Å². The molecule has 1 aromatic heterocycles. The monoisotopic (exact) mass is 251 g/mol. The molecule has 1 fully saturated rings. The first-order valence-electron chi connectivity index (χ1n) is 5.60. The van der Waals surface area contributed by atoms with Crippen LogP contribution in [0.1, 0.15) is 23.7 Å². The van der Waals surface area contributed by atoms with Gasteiger partial charge in [0.1, 0.15) is 17.6 Å². The number of anilines is 1. The number of aromatic carboxylic acids is 1. The molecule has 0 aromatic carbocycles. The van der Waals surface area contributed by atoms with Gasteiger partial charge in [-0.3, -0.25) is 10.1 Å². The topological polar surface area (TPSA) is 105 Å². The zero-order valence-corrected chi connectivity index (χ0v) is 9.79. The van der Waals surface area contributed by atoms with Crippen LogP contribution in [0.15, 0.2) is 12.3 Å². The maximum absolute atomic E-state index is 10.9. The van der Waals surface area contributed by atoms with Gasteiger partial charge in [-0.1, -0.05) is 6.92 Å². The van der Waals surface area contributed by atoms with Crippen molar-refractivity contribution >= 4 is 17.5 Å². The van der Waals surface area contributed by atoms with E-state index in [1.165, 1.54) is 6.07 Å². The van der Waals surface area contributed by atoms with Gasteiger partial charge in [-0.15, -0.1) is 0 Å². The summed E-state index contributed by atoms with van der Waals surface area (Å²) in [6.45, 7) is 2.85. The van der Waals surface area contributed by atoms with Crippen molar-refractivity contribution < 1.29 is 14.8 Å². The number of hydrogen-bond acceptors (Lipinski definition) is 5. The SMILES string of the molecule is CC1CC1CNc1cc(C(=O)O)c([N+](=O)[O-])cn1. The van der Waals surface area contributed by atoms with Gasteiger partial charge < -0.3 is 10.4 Å². The summed E-state index contributed by atoms with van der Waals surface area (Å²) in [5.74, 6) is 0.286. The van der Waals surface area contributed by atoms with Crippen LogP contribution in [0.2, 0.25) is 0 Å². The number of nitrogens with one attached hydrogen (secondary N) is 1. The molecule has 2 rings (SSSR count). The van der Waals surface area contributed by atoms with Gasteiger partial charge >= 0.3 is 11.7 Å². The third-order valence-electron chi connectivity index (χ3n) is 3.13. The molecule has 1 aromatic rings. The highest BCUT2D eigenvalue weighted by Gasteiger charge is 2.32. The van der Waals surface area contributed by atoms with Gasteiger partial charge in [-0.2, -0.15) is 0 Å². The Balaban J connectivity index is 2.14. The quantitative estimate of drug-likeness (QED) is 0.610. The first-order valence-corrected chi connectivity index (χ1v) is 5.60. The summed E-state index contributed by atoms with van der Waals surface area (Å²) < 4.78 is 0. The lowest BCUT2D eigenvalue weighted by molar-refractivity contribution is -0.385. The highest BCUT2D eigenvalue weighted by Crippen LogP contribution is 2.37. The Labute approximate surface area is 103 Å². The molecule has 0 aliphatic heterocycles. The summed E-state index contributed by atoms with van der Waals surface area (Å²) in [5.41, 5.74) is -0.839. The highest BCUT2D eigenvalue weighted by atomic mass is 16.6. The van der Waals surface area contributed by atoms with Crippen LogP contribution in [0, 0.1) is 22.0 Å². The van der Waals surface area contributed by atoms with E-state index < -0.39 is 16.6 Å². The van der Waals surface area contributed by atoms with Crippen LogP contribution in [0.4, 0.5) is 11.5 Å². The number of pyridine rings is 1. The molecule has 1 aliphatic carbocycles. The predicted octanol–water partition coefficient (Wildman–Crippen LogP) is 1.76. The van der Waals surface area contributed by atoms with E-state index in [2.05, 4.69) is 17.2 Å². The number of aromatic nitrogens is 1. The van der Waals surface area contributed by atoms with Gasteiger partial charge in [0.15, 0.2) is 0 Å². The summed E-state index contributed by atoms with van der Waals surface area (Å²) in [4.78, 5) is 24.7. The third kappa shape index (κ3) is 2.55. The van der Waals surface area contributed by atoms with E-state index in [1.807, 2.05) is 0 Å². The van der Waals surface area contributed by atoms with Crippen molar-refractivity contribution in [2.75, 3.05) is 11.9 Å². The second-order valence-corrected chi connectivity index (χ2v) is 4.50. The van der Waals surface area contributed by atoms with Gasteiger partial charge in [0.2, 0.25) is 0 Å². The Bertz CT molecular complexity index is 503. The van der Waals surface area contributed by atoms with Crippen LogP contribution in [0.5, 0.6) is 0 Å². The molecule has 2 N–H and O–H groups in total. The lowest BCUT2D eigenvalue weighted by atomic mass is 10.2. The summed E-state index contributed by atoms with van der Waals surface area (Å²) in [6, 6.07) is 1.20. The number of carboxylic acid groups (broad SMARTS) is 1. The molecular formula is C11H13N3O4. The molecule has 0 saturated heterocycles. The van der Waals surface area contributed by atoms with Crippen LogP contribution in [-0.4, -0.2) is 27.5 Å². The van der Waals surface area contributed by atoms with E-state index in [0.717, 1.165) is 12.6 Å². The van der Waals surface area contributed by atoms with Crippen LogP contribution >= 0.6 is 0 Å². The van der Waals surface area contributed by atoms with Gasteiger partial charge in [0.25, 0.3) is 0 Å². The molecule has 7 heteroatoms. The Hall–Kier alpha value is -2.18. The van der Waals surface area contributed by atoms with Crippen molar-refractivity contribution in [2.24, 2.45) is 11.8 Å². The number of carbonyl (C=O) groups is 1. The molecule has 18 heavy (non-hydrogen) atoms. The average Bonchev–Trinajstić information content (AvgIpc) is 3.02. The lowest BCUT2D eigenvalue weighted by Gasteiger charge is -2.05. The second-order valence-electron chi connectivity index (χ2n) is 4.50. The number of nitro groups is 1. The van der Waals surface area contributed by atoms with Crippen LogP contribution < -0.4 is 5.32 Å². The Kier molecular flexibility index (Phi) is 3.14. The highest BCUT2D eigenvalue weighted by molar-refractivity contribution is 5.93. The fourth-order valence-corrected chi connectivity index (χ4v) is 1.78. The van der Waals surface area contributed by atoms with Gasteiger partial charge in [-0.05, 0) is 18.3 Å². The fourth-order valence-electron chi connectivity index (χ4n) is 1.78. The normalized spacial score (nSPS) is 21.4. The molecule has 2 unspecified atom stereocenters. The van der Waals surface area contributed by atoms with E-state index in [9.17, 15) is 14.9 Å². The molecule has 2 atom stereocenters. The van der Waals surface area contributed by atoms with Gasteiger partial charge in [-0.25, -0.2) is 9.78 Å². The molecule has 0 spiro atoms. The molecule has 1 saturated carbocycles. The molecule has 7 nitrogen and oxygen atoms in total. The minimum absolute atomic E-state index is 0.346. The minimum Gasteiger partial charge on any atom is -0.477 e. The van der Waals surface area contributed by atoms with Gasteiger partial charge in [0, 0.05) is 12.6 Å². The van der Waals surface area contributed by atoms with E-state index in [-0.39, 0.29) is 5.56 Å². The average molecular weight is 251 g/mol. The Morgan fingerprint density at radius 1 is 1.72 bits per heavy atom. The molecule has 96 valence electrons. The zero-order chi connectivity index (χ0) is 13.3. The fraction of sp³-hybridized carbons (Fsp3) is 0.455. The Morgan fingerprint density at radius 3 is 2.89 bits per heavy atom. The third-order valence-corrected chi connectivity index (χ3v) is 3.13. The molecule has 0 amide bonds. The minimum atomic E-state index is -1.33. The van der Waals surface area contributed by atoms with Crippen molar-refractivity contribution in [1.82, 2.24) is 4.98 Å². The molecular weight excluding hydrogens is 238 g/mol. The number of carboxylic acids is 1. The Morgan fingerprint density at radius 2 is 2.39 bits per heavy atom. The molecule has 1 heterocycles. The van der Waals surface area contributed by atoms with E-state index in [0.29, 0.717) is 24.2 Å². The van der Waals surface area contributed by atoms with Crippen LogP contribution in [0.25, 0.3) is 0 Å². The maximum atomic E-state index is 10.9. The number of nitrogens with zero attached hydrogens (tertiary/aromatic N) is 2. The number of rotatable bonds is 5. The standard InChI is InChI=1S/C11H13N3O4/c1-6-2-7(6)4-12-10-3-8(11(15)16)9(5-13-10)14(17)18/h3,5-7H,2,4H2,1H3,(H,12,13)(H,15,16). The first-order chi connectivity index (χ1) is 8.49. The van der Waals surface area contributed by atoms with Crippen molar-refractivity contribution in [2.45, 2.75) is 13.3 Å². The molecule has 0 bridgehead atoms. The summed E-state index contributed by atoms with van der Waals surface area (Å²) in [7, 11) is 0. The zero-order valence-electron chi connectivity index (χ0n) is 9.79. The predicted molar refractivity (Wildman–Crippen MR) is 63.6 cm³/mol. The van der Waals surface area contributed by atoms with Crippen molar-refractivity contribution in [1.29, 1.82) is 0 Å². The lowest BCUT2D eigenvalue weighted by Crippen LogP contribution is -2.09. The number of hydrogen-bond donors (Lipinski definition) is 2. The molecule has 1 aliphatic rings. The maximum Gasteiger partial charge on any atom is 0.342 e. The smallest absolute Gasteiger partial charge is 0.342 e. The molecule has 0 radical (unpaired) electrons. The van der Waals surface area contributed by atoms with Crippen molar-refractivity contribution in [3.05, 3.63) is 27.9 Å². The largest absolute Gasteiger partial charge is 0.477 e. The summed E-state index contributed by atoms with van der Waals surface area (Å²) in [5, 5.41) is 22.6.